The molecule has 2 heterocycles. The van der Waals surface area contributed by atoms with Crippen LogP contribution in [0.1, 0.15) is 39.0 Å². The van der Waals surface area contributed by atoms with Crippen LogP contribution in [0.25, 0.3) is 0 Å². The molecule has 0 aromatic carbocycles. The van der Waals surface area contributed by atoms with E-state index < -0.39 is 17.9 Å². The highest BCUT2D eigenvalue weighted by molar-refractivity contribution is 5.96. The number of aromatic amines is 1. The Balaban J connectivity index is 2.32. The van der Waals surface area contributed by atoms with Crippen LogP contribution in [0, 0.1) is 20.8 Å². The van der Waals surface area contributed by atoms with Gasteiger partial charge < -0.3 is 10.4 Å². The van der Waals surface area contributed by atoms with Gasteiger partial charge in [-0.3, -0.25) is 14.9 Å². The molecule has 0 saturated carbocycles. The number of pyridine rings is 1. The lowest BCUT2D eigenvalue weighted by molar-refractivity contribution is -0.139. The lowest BCUT2D eigenvalue weighted by Gasteiger charge is -2.15. The number of aliphatic carboxylic acids is 1. The Hall–Kier alpha value is -2.70. The van der Waals surface area contributed by atoms with Gasteiger partial charge in [0.05, 0.1) is 5.69 Å². The standard InChI is InChI=1S/C14H16N4O3/c1-7-5-4-6-15-11(7)13(19)16-12(14(20)21)10-8(2)17-18-9(10)3/h4-6,12H,1-3H3,(H,16,19)(H,17,18)(H,20,21). The van der Waals surface area contributed by atoms with Crippen molar-refractivity contribution < 1.29 is 14.7 Å². The van der Waals surface area contributed by atoms with Gasteiger partial charge in [-0.05, 0) is 32.4 Å². The Morgan fingerprint density at radius 3 is 2.57 bits per heavy atom. The number of hydrogen-bond donors (Lipinski definition) is 3. The van der Waals surface area contributed by atoms with Gasteiger partial charge in [-0.2, -0.15) is 5.10 Å². The maximum absolute atomic E-state index is 12.2. The Kier molecular flexibility index (Phi) is 4.02. The van der Waals surface area contributed by atoms with Crippen molar-refractivity contribution in [2.75, 3.05) is 0 Å². The number of nitrogens with one attached hydrogen (secondary N) is 2. The minimum Gasteiger partial charge on any atom is -0.479 e. The highest BCUT2D eigenvalue weighted by Crippen LogP contribution is 2.20. The van der Waals surface area contributed by atoms with Crippen molar-refractivity contribution in [3.63, 3.8) is 0 Å². The van der Waals surface area contributed by atoms with Crippen molar-refractivity contribution in [2.45, 2.75) is 26.8 Å². The van der Waals surface area contributed by atoms with E-state index in [0.717, 1.165) is 0 Å². The monoisotopic (exact) mass is 288 g/mol. The Morgan fingerprint density at radius 1 is 1.33 bits per heavy atom. The molecule has 0 radical (unpaired) electrons. The zero-order valence-corrected chi connectivity index (χ0v) is 12.0. The lowest BCUT2D eigenvalue weighted by Crippen LogP contribution is -2.35. The summed E-state index contributed by atoms with van der Waals surface area (Å²) in [6.07, 6.45) is 1.49. The topological polar surface area (TPSA) is 108 Å². The summed E-state index contributed by atoms with van der Waals surface area (Å²) in [5.41, 5.74) is 2.50. The molecular formula is C14H16N4O3. The molecule has 1 amide bonds. The summed E-state index contributed by atoms with van der Waals surface area (Å²) in [6.45, 7) is 5.14. The van der Waals surface area contributed by atoms with Crippen LogP contribution in [0.15, 0.2) is 18.3 Å². The first kappa shape index (κ1) is 14.7. The van der Waals surface area contributed by atoms with Gasteiger partial charge >= 0.3 is 5.97 Å². The predicted octanol–water partition coefficient (Wildman–Crippen LogP) is 1.29. The van der Waals surface area contributed by atoms with Gasteiger partial charge in [0.2, 0.25) is 0 Å². The Labute approximate surface area is 121 Å². The first-order valence-electron chi connectivity index (χ1n) is 6.38. The predicted molar refractivity (Wildman–Crippen MR) is 74.9 cm³/mol. The number of amides is 1. The molecule has 7 heteroatoms. The summed E-state index contributed by atoms with van der Waals surface area (Å²) in [5, 5.41) is 18.6. The maximum Gasteiger partial charge on any atom is 0.331 e. The zero-order chi connectivity index (χ0) is 15.6. The van der Waals surface area contributed by atoms with E-state index in [1.807, 2.05) is 0 Å². The Bertz CT molecular complexity index is 674. The van der Waals surface area contributed by atoms with E-state index in [-0.39, 0.29) is 5.69 Å². The van der Waals surface area contributed by atoms with E-state index in [4.69, 9.17) is 0 Å². The number of rotatable bonds is 4. The molecule has 0 aliphatic carbocycles. The van der Waals surface area contributed by atoms with Crippen molar-refractivity contribution in [1.29, 1.82) is 0 Å². The van der Waals surface area contributed by atoms with Crippen LogP contribution in [0.5, 0.6) is 0 Å². The second-order valence-electron chi connectivity index (χ2n) is 4.76. The first-order chi connectivity index (χ1) is 9.91. The van der Waals surface area contributed by atoms with E-state index >= 15 is 0 Å². The van der Waals surface area contributed by atoms with Crippen LogP contribution in [0.3, 0.4) is 0 Å². The zero-order valence-electron chi connectivity index (χ0n) is 12.0. The smallest absolute Gasteiger partial charge is 0.331 e. The van der Waals surface area contributed by atoms with Crippen molar-refractivity contribution in [3.05, 3.63) is 46.5 Å². The summed E-state index contributed by atoms with van der Waals surface area (Å²) < 4.78 is 0. The number of carbonyl (C=O) groups excluding carboxylic acids is 1. The molecule has 0 aliphatic rings. The molecule has 110 valence electrons. The van der Waals surface area contributed by atoms with E-state index in [0.29, 0.717) is 22.5 Å². The number of nitrogens with zero attached hydrogens (tertiary/aromatic N) is 2. The second kappa shape index (κ2) is 5.74. The molecule has 2 aromatic rings. The fraction of sp³-hybridized carbons (Fsp3) is 0.286. The van der Waals surface area contributed by atoms with Crippen molar-refractivity contribution in [3.8, 4) is 0 Å². The largest absolute Gasteiger partial charge is 0.479 e. The van der Waals surface area contributed by atoms with E-state index in [2.05, 4.69) is 20.5 Å². The summed E-state index contributed by atoms with van der Waals surface area (Å²) in [4.78, 5) is 27.7. The molecule has 2 rings (SSSR count). The summed E-state index contributed by atoms with van der Waals surface area (Å²) in [5.74, 6) is -1.68. The average molecular weight is 288 g/mol. The van der Waals surface area contributed by atoms with Crippen LogP contribution < -0.4 is 5.32 Å². The first-order valence-corrected chi connectivity index (χ1v) is 6.38. The van der Waals surface area contributed by atoms with Crippen LogP contribution in [0.4, 0.5) is 0 Å². The molecule has 3 N–H and O–H groups in total. The summed E-state index contributed by atoms with van der Waals surface area (Å²) in [6, 6.07) is 2.29. The number of carbonyl (C=O) groups is 2. The minimum absolute atomic E-state index is 0.211. The highest BCUT2D eigenvalue weighted by atomic mass is 16.4. The van der Waals surface area contributed by atoms with Crippen LogP contribution in [-0.4, -0.2) is 32.2 Å². The van der Waals surface area contributed by atoms with Gasteiger partial charge in [-0.15, -0.1) is 0 Å². The number of aryl methyl sites for hydroxylation is 3. The quantitative estimate of drug-likeness (QED) is 0.785. The van der Waals surface area contributed by atoms with Crippen molar-refractivity contribution in [1.82, 2.24) is 20.5 Å². The minimum atomic E-state index is -1.17. The van der Waals surface area contributed by atoms with Gasteiger partial charge in [0.1, 0.15) is 5.69 Å². The van der Waals surface area contributed by atoms with Crippen molar-refractivity contribution in [2.24, 2.45) is 0 Å². The second-order valence-corrected chi connectivity index (χ2v) is 4.76. The fourth-order valence-electron chi connectivity index (χ4n) is 2.17. The maximum atomic E-state index is 12.2. The van der Waals surface area contributed by atoms with Gasteiger partial charge in [-0.25, -0.2) is 4.79 Å². The number of hydrogen-bond acceptors (Lipinski definition) is 4. The third kappa shape index (κ3) is 2.91. The normalized spacial score (nSPS) is 12.0. The van der Waals surface area contributed by atoms with Crippen LogP contribution >= 0.6 is 0 Å². The van der Waals surface area contributed by atoms with Gasteiger partial charge in [0.25, 0.3) is 5.91 Å². The SMILES string of the molecule is Cc1cccnc1C(=O)NC(C(=O)O)c1c(C)n[nH]c1C. The number of H-pyrrole nitrogens is 1. The number of carboxylic acid groups (broad SMARTS) is 1. The molecule has 1 atom stereocenters. The third-order valence-corrected chi connectivity index (χ3v) is 3.22. The third-order valence-electron chi connectivity index (χ3n) is 3.22. The summed E-state index contributed by atoms with van der Waals surface area (Å²) >= 11 is 0. The summed E-state index contributed by atoms with van der Waals surface area (Å²) in [7, 11) is 0. The van der Waals surface area contributed by atoms with E-state index in [1.54, 1.807) is 32.9 Å². The molecule has 7 nitrogen and oxygen atoms in total. The van der Waals surface area contributed by atoms with Gasteiger partial charge in [-0.1, -0.05) is 6.07 Å². The molecule has 21 heavy (non-hydrogen) atoms. The molecule has 2 aromatic heterocycles. The lowest BCUT2D eigenvalue weighted by atomic mass is 10.0. The molecule has 0 aliphatic heterocycles. The van der Waals surface area contributed by atoms with E-state index in [9.17, 15) is 14.7 Å². The van der Waals surface area contributed by atoms with Crippen LogP contribution in [0.2, 0.25) is 0 Å². The number of aromatic nitrogens is 3. The van der Waals surface area contributed by atoms with E-state index in [1.165, 1.54) is 6.20 Å². The van der Waals surface area contributed by atoms with Crippen molar-refractivity contribution >= 4 is 11.9 Å². The molecule has 0 fully saturated rings. The Morgan fingerprint density at radius 2 is 2.05 bits per heavy atom. The molecule has 1 unspecified atom stereocenters. The molecule has 0 spiro atoms. The molecule has 0 saturated heterocycles. The molecular weight excluding hydrogens is 272 g/mol. The van der Waals surface area contributed by atoms with Gasteiger partial charge in [0.15, 0.2) is 6.04 Å². The highest BCUT2D eigenvalue weighted by Gasteiger charge is 2.28. The number of carboxylic acids is 1. The van der Waals surface area contributed by atoms with Gasteiger partial charge in [0, 0.05) is 17.5 Å². The fourth-order valence-corrected chi connectivity index (χ4v) is 2.17. The molecule has 0 bridgehead atoms. The average Bonchev–Trinajstić information content (AvgIpc) is 2.76. The van der Waals surface area contributed by atoms with Crippen LogP contribution in [-0.2, 0) is 4.79 Å².